The van der Waals surface area contributed by atoms with Crippen molar-refractivity contribution in [2.24, 2.45) is 0 Å². The molecule has 0 aromatic heterocycles. The second kappa shape index (κ2) is 12.8. The highest BCUT2D eigenvalue weighted by Crippen LogP contribution is 2.24. The van der Waals surface area contributed by atoms with Gasteiger partial charge in [0.2, 0.25) is 0 Å². The summed E-state index contributed by atoms with van der Waals surface area (Å²) >= 11 is 0. The van der Waals surface area contributed by atoms with Crippen molar-refractivity contribution in [3.05, 3.63) is 108 Å². The van der Waals surface area contributed by atoms with Gasteiger partial charge in [0.25, 0.3) is 0 Å². The molecular formula is C30H26O8. The Morgan fingerprint density at radius 1 is 0.553 bits per heavy atom. The molecule has 38 heavy (non-hydrogen) atoms. The van der Waals surface area contributed by atoms with E-state index in [2.05, 4.69) is 13.2 Å². The van der Waals surface area contributed by atoms with Crippen LogP contribution in [0.5, 0.6) is 11.5 Å². The van der Waals surface area contributed by atoms with E-state index in [0.29, 0.717) is 16.9 Å². The molecule has 0 aliphatic rings. The van der Waals surface area contributed by atoms with Crippen molar-refractivity contribution in [3.8, 4) is 22.6 Å². The summed E-state index contributed by atoms with van der Waals surface area (Å²) in [5.41, 5.74) is 2.89. The number of hydrogen-bond acceptors (Lipinski definition) is 8. The van der Waals surface area contributed by atoms with Crippen molar-refractivity contribution in [3.63, 3.8) is 0 Å². The van der Waals surface area contributed by atoms with Gasteiger partial charge in [-0.25, -0.2) is 19.2 Å². The van der Waals surface area contributed by atoms with Crippen LogP contribution in [0.1, 0.15) is 34.6 Å². The van der Waals surface area contributed by atoms with Crippen LogP contribution < -0.4 is 9.47 Å². The minimum Gasteiger partial charge on any atom is -0.459 e. The lowest BCUT2D eigenvalue weighted by molar-refractivity contribution is -0.140. The Bertz CT molecular complexity index is 1350. The van der Waals surface area contributed by atoms with E-state index in [1.807, 2.05) is 0 Å². The Hall–Kier alpha value is -4.98. The summed E-state index contributed by atoms with van der Waals surface area (Å²) in [5.74, 6) is -1.55. The van der Waals surface area contributed by atoms with E-state index in [9.17, 15) is 19.2 Å². The number of rotatable bonds is 10. The molecule has 0 amide bonds. The fourth-order valence-electron chi connectivity index (χ4n) is 3.01. The summed E-state index contributed by atoms with van der Waals surface area (Å²) in [4.78, 5) is 47.6. The first-order valence-corrected chi connectivity index (χ1v) is 11.5. The van der Waals surface area contributed by atoms with Gasteiger partial charge in [-0.1, -0.05) is 37.4 Å². The zero-order chi connectivity index (χ0) is 27.7. The lowest BCUT2D eigenvalue weighted by atomic mass is 10.0. The van der Waals surface area contributed by atoms with Gasteiger partial charge in [-0.05, 0) is 73.5 Å². The minimum absolute atomic E-state index is 0.0812. The number of hydrogen-bond donors (Lipinski definition) is 0. The lowest BCUT2D eigenvalue weighted by Crippen LogP contribution is -2.14. The van der Waals surface area contributed by atoms with Gasteiger partial charge >= 0.3 is 23.9 Å². The SMILES string of the molecule is C=C(C)C(=O)OCCOC(=O)c1ccc(OC(=O)c2ccc(-c3ccc(OC(=O)C(=C)C)cc3)cc2)cc1. The van der Waals surface area contributed by atoms with Crippen LogP contribution >= 0.6 is 0 Å². The second-order valence-electron chi connectivity index (χ2n) is 8.24. The molecule has 0 atom stereocenters. The maximum absolute atomic E-state index is 12.5. The van der Waals surface area contributed by atoms with Crippen molar-refractivity contribution in [1.29, 1.82) is 0 Å². The molecule has 194 valence electrons. The third-order valence-electron chi connectivity index (χ3n) is 5.07. The van der Waals surface area contributed by atoms with E-state index in [1.54, 1.807) is 55.5 Å². The van der Waals surface area contributed by atoms with E-state index in [1.165, 1.54) is 31.2 Å². The molecule has 0 fully saturated rings. The molecule has 8 nitrogen and oxygen atoms in total. The fraction of sp³-hybridized carbons (Fsp3) is 0.133. The van der Waals surface area contributed by atoms with Crippen molar-refractivity contribution in [2.75, 3.05) is 13.2 Å². The third-order valence-corrected chi connectivity index (χ3v) is 5.07. The maximum Gasteiger partial charge on any atom is 0.343 e. The van der Waals surface area contributed by atoms with E-state index in [0.717, 1.165) is 11.1 Å². The van der Waals surface area contributed by atoms with Crippen LogP contribution in [0.4, 0.5) is 0 Å². The topological polar surface area (TPSA) is 105 Å². The van der Waals surface area contributed by atoms with Crippen molar-refractivity contribution < 1.29 is 38.1 Å². The molecule has 0 unspecified atom stereocenters. The second-order valence-corrected chi connectivity index (χ2v) is 8.24. The van der Waals surface area contributed by atoms with Crippen LogP contribution in [-0.4, -0.2) is 37.1 Å². The quantitative estimate of drug-likeness (QED) is 0.155. The van der Waals surface area contributed by atoms with E-state index in [-0.39, 0.29) is 30.1 Å². The molecule has 0 radical (unpaired) electrons. The molecular weight excluding hydrogens is 488 g/mol. The van der Waals surface area contributed by atoms with Crippen molar-refractivity contribution >= 4 is 23.9 Å². The van der Waals surface area contributed by atoms with E-state index < -0.39 is 23.9 Å². The molecule has 0 aliphatic carbocycles. The van der Waals surface area contributed by atoms with E-state index in [4.69, 9.17) is 18.9 Å². The summed E-state index contributed by atoms with van der Waals surface area (Å²) in [6.07, 6.45) is 0. The van der Waals surface area contributed by atoms with Crippen LogP contribution in [0.2, 0.25) is 0 Å². The molecule has 8 heteroatoms. The molecule has 0 spiro atoms. The summed E-state index contributed by atoms with van der Waals surface area (Å²) in [6.45, 7) is 9.93. The average Bonchev–Trinajstić information content (AvgIpc) is 2.91. The zero-order valence-corrected chi connectivity index (χ0v) is 21.0. The first-order valence-electron chi connectivity index (χ1n) is 11.5. The van der Waals surface area contributed by atoms with Gasteiger partial charge in [0.05, 0.1) is 11.1 Å². The summed E-state index contributed by atoms with van der Waals surface area (Å²) in [6, 6.07) is 19.7. The first kappa shape index (κ1) is 27.6. The highest BCUT2D eigenvalue weighted by Gasteiger charge is 2.12. The Morgan fingerprint density at radius 2 is 0.974 bits per heavy atom. The van der Waals surface area contributed by atoms with Gasteiger partial charge in [-0.3, -0.25) is 0 Å². The molecule has 0 saturated carbocycles. The third kappa shape index (κ3) is 7.76. The Morgan fingerprint density at radius 3 is 1.53 bits per heavy atom. The Kier molecular flexibility index (Phi) is 9.31. The van der Waals surface area contributed by atoms with Crippen molar-refractivity contribution in [1.82, 2.24) is 0 Å². The Balaban J connectivity index is 1.52. The Labute approximate surface area is 220 Å². The van der Waals surface area contributed by atoms with Crippen LogP contribution in [0, 0.1) is 0 Å². The predicted molar refractivity (Wildman–Crippen MR) is 140 cm³/mol. The monoisotopic (exact) mass is 514 g/mol. The van der Waals surface area contributed by atoms with Crippen LogP contribution in [0.25, 0.3) is 11.1 Å². The summed E-state index contributed by atoms with van der Waals surface area (Å²) < 4.78 is 20.5. The predicted octanol–water partition coefficient (Wildman–Crippen LogP) is 5.33. The molecule has 3 aromatic carbocycles. The van der Waals surface area contributed by atoms with Crippen LogP contribution in [0.3, 0.4) is 0 Å². The molecule has 0 aliphatic heterocycles. The van der Waals surface area contributed by atoms with Crippen LogP contribution in [0.15, 0.2) is 97.1 Å². The standard InChI is InChI=1S/C30H26O8/c1-19(2)27(31)35-17-18-36-29(33)23-11-15-26(16-12-23)38-30(34)24-7-5-21(6-8-24)22-9-13-25(14-10-22)37-28(32)20(3)4/h5-16H,1,3,17-18H2,2,4H3. The molecule has 0 bridgehead atoms. The van der Waals surface area contributed by atoms with Crippen molar-refractivity contribution in [2.45, 2.75) is 13.8 Å². The maximum atomic E-state index is 12.5. The van der Waals surface area contributed by atoms with Gasteiger partial charge in [0, 0.05) is 11.1 Å². The number of carbonyl (C=O) groups is 4. The van der Waals surface area contributed by atoms with Gasteiger partial charge in [-0.15, -0.1) is 0 Å². The molecule has 3 aromatic rings. The summed E-state index contributed by atoms with van der Waals surface area (Å²) in [5, 5.41) is 0. The molecule has 3 rings (SSSR count). The highest BCUT2D eigenvalue weighted by atomic mass is 16.6. The number of ether oxygens (including phenoxy) is 4. The minimum atomic E-state index is -0.605. The van der Waals surface area contributed by atoms with Crippen LogP contribution in [-0.2, 0) is 19.1 Å². The number of carbonyl (C=O) groups excluding carboxylic acids is 4. The smallest absolute Gasteiger partial charge is 0.343 e. The zero-order valence-electron chi connectivity index (χ0n) is 21.0. The normalized spacial score (nSPS) is 10.2. The fourth-order valence-corrected chi connectivity index (χ4v) is 3.01. The lowest BCUT2D eigenvalue weighted by Gasteiger charge is -2.08. The number of esters is 4. The van der Waals surface area contributed by atoms with Gasteiger partial charge in [-0.2, -0.15) is 0 Å². The average molecular weight is 515 g/mol. The largest absolute Gasteiger partial charge is 0.459 e. The molecule has 0 N–H and O–H groups in total. The molecule has 0 saturated heterocycles. The first-order chi connectivity index (χ1) is 18.1. The van der Waals surface area contributed by atoms with Gasteiger partial charge < -0.3 is 18.9 Å². The number of benzene rings is 3. The highest BCUT2D eigenvalue weighted by molar-refractivity contribution is 5.92. The van der Waals surface area contributed by atoms with Gasteiger partial charge in [0.1, 0.15) is 24.7 Å². The summed E-state index contributed by atoms with van der Waals surface area (Å²) in [7, 11) is 0. The van der Waals surface area contributed by atoms with Gasteiger partial charge in [0.15, 0.2) is 0 Å². The molecule has 0 heterocycles. The van der Waals surface area contributed by atoms with E-state index >= 15 is 0 Å².